The van der Waals surface area contributed by atoms with Crippen molar-refractivity contribution < 1.29 is 9.53 Å². The van der Waals surface area contributed by atoms with Crippen LogP contribution in [0.2, 0.25) is 0 Å². The number of likely N-dealkylation sites (tertiary alicyclic amines) is 1. The lowest BCUT2D eigenvalue weighted by Crippen LogP contribution is -2.32. The van der Waals surface area contributed by atoms with E-state index in [2.05, 4.69) is 44.8 Å². The highest BCUT2D eigenvalue weighted by Gasteiger charge is 2.32. The number of aromatic nitrogens is 3. The van der Waals surface area contributed by atoms with Gasteiger partial charge in [0.25, 0.3) is 0 Å². The molecule has 0 saturated carbocycles. The van der Waals surface area contributed by atoms with E-state index in [1.54, 1.807) is 14.0 Å². The molecule has 7 nitrogen and oxygen atoms in total. The molecule has 0 aliphatic carbocycles. The summed E-state index contributed by atoms with van der Waals surface area (Å²) < 4.78 is 7.85. The van der Waals surface area contributed by atoms with Gasteiger partial charge in [-0.25, -0.2) is 0 Å². The van der Waals surface area contributed by atoms with Crippen LogP contribution in [0.3, 0.4) is 0 Å². The highest BCUT2D eigenvalue weighted by Crippen LogP contribution is 2.34. The number of rotatable bonds is 4. The molecule has 2 aliphatic heterocycles. The van der Waals surface area contributed by atoms with Crippen LogP contribution in [-0.2, 0) is 24.3 Å². The summed E-state index contributed by atoms with van der Waals surface area (Å²) in [7, 11) is 1.74. The Morgan fingerprint density at radius 2 is 2.07 bits per heavy atom. The average molecular weight is 383 g/mol. The van der Waals surface area contributed by atoms with Crippen molar-refractivity contribution in [2.75, 3.05) is 26.7 Å². The number of hydrogen-bond donors (Lipinski definition) is 0. The molecule has 4 rings (SSSR count). The third-order valence-corrected chi connectivity index (χ3v) is 5.98. The molecule has 0 bridgehead atoms. The minimum absolute atomic E-state index is 0.134. The van der Waals surface area contributed by atoms with E-state index in [4.69, 9.17) is 4.74 Å². The van der Waals surface area contributed by atoms with Crippen molar-refractivity contribution in [2.45, 2.75) is 52.2 Å². The molecular formula is C21H29N5O2. The van der Waals surface area contributed by atoms with Crippen molar-refractivity contribution in [1.29, 1.82) is 0 Å². The second kappa shape index (κ2) is 7.91. The molecule has 1 fully saturated rings. The predicted molar refractivity (Wildman–Crippen MR) is 106 cm³/mol. The number of carbonyl (C=O) groups is 1. The first kappa shape index (κ1) is 18.9. The van der Waals surface area contributed by atoms with Gasteiger partial charge >= 0.3 is 0 Å². The van der Waals surface area contributed by atoms with E-state index in [1.807, 2.05) is 4.90 Å². The second-order valence-electron chi connectivity index (χ2n) is 7.83. The number of aryl methyl sites for hydroxylation is 1. The van der Waals surface area contributed by atoms with E-state index in [9.17, 15) is 4.79 Å². The minimum Gasteiger partial charge on any atom is -0.496 e. The molecule has 1 aromatic carbocycles. The second-order valence-corrected chi connectivity index (χ2v) is 7.83. The predicted octanol–water partition coefficient (Wildman–Crippen LogP) is 2.34. The summed E-state index contributed by atoms with van der Waals surface area (Å²) in [6.07, 6.45) is 3.01. The largest absolute Gasteiger partial charge is 0.496 e. The van der Waals surface area contributed by atoms with Gasteiger partial charge in [0.1, 0.15) is 17.4 Å². The molecule has 0 unspecified atom stereocenters. The molecule has 1 atom stereocenters. The Labute approximate surface area is 166 Å². The van der Waals surface area contributed by atoms with E-state index in [0.717, 1.165) is 69.4 Å². The van der Waals surface area contributed by atoms with E-state index in [1.165, 1.54) is 11.1 Å². The Balaban J connectivity index is 1.56. The van der Waals surface area contributed by atoms with Crippen molar-refractivity contribution in [2.24, 2.45) is 0 Å². The summed E-state index contributed by atoms with van der Waals surface area (Å²) in [5.74, 6) is 3.12. The molecule has 0 spiro atoms. The zero-order chi connectivity index (χ0) is 19.7. The van der Waals surface area contributed by atoms with Gasteiger partial charge in [0.2, 0.25) is 5.91 Å². The van der Waals surface area contributed by atoms with Gasteiger partial charge < -0.3 is 14.2 Å². The molecule has 1 amide bonds. The average Bonchev–Trinajstić information content (AvgIpc) is 3.23. The van der Waals surface area contributed by atoms with Crippen LogP contribution in [-0.4, -0.2) is 57.2 Å². The quantitative estimate of drug-likeness (QED) is 0.811. The van der Waals surface area contributed by atoms with Crippen LogP contribution in [0.4, 0.5) is 0 Å². The van der Waals surface area contributed by atoms with Gasteiger partial charge in [-0.3, -0.25) is 9.69 Å². The lowest BCUT2D eigenvalue weighted by Gasteiger charge is -2.25. The summed E-state index contributed by atoms with van der Waals surface area (Å²) in [6.45, 7) is 7.84. The van der Waals surface area contributed by atoms with Crippen LogP contribution in [0.5, 0.6) is 5.75 Å². The van der Waals surface area contributed by atoms with Crippen LogP contribution in [0.1, 0.15) is 48.6 Å². The van der Waals surface area contributed by atoms with Crippen LogP contribution in [0.15, 0.2) is 18.2 Å². The first-order chi connectivity index (χ1) is 13.6. The van der Waals surface area contributed by atoms with Crippen LogP contribution >= 0.6 is 0 Å². The molecule has 0 N–H and O–H groups in total. The van der Waals surface area contributed by atoms with Gasteiger partial charge in [0, 0.05) is 45.1 Å². The molecule has 28 heavy (non-hydrogen) atoms. The number of ether oxygens (including phenoxy) is 1. The van der Waals surface area contributed by atoms with Gasteiger partial charge in [-0.1, -0.05) is 12.1 Å². The number of methoxy groups -OCH3 is 1. The van der Waals surface area contributed by atoms with Crippen LogP contribution in [0, 0.1) is 6.92 Å². The first-order valence-corrected chi connectivity index (χ1v) is 10.1. The van der Waals surface area contributed by atoms with E-state index < -0.39 is 0 Å². The molecule has 0 radical (unpaired) electrons. The SMILES string of the molecule is COc1cc(C)ccc1CN1CCC[C@H]1c1nnc2n1CCN(C(C)=O)CC2. The minimum atomic E-state index is 0.134. The first-order valence-electron chi connectivity index (χ1n) is 10.1. The summed E-state index contributed by atoms with van der Waals surface area (Å²) in [5.41, 5.74) is 2.41. The maximum absolute atomic E-state index is 11.8. The fraction of sp³-hybridized carbons (Fsp3) is 0.571. The number of benzene rings is 1. The summed E-state index contributed by atoms with van der Waals surface area (Å²) >= 11 is 0. The smallest absolute Gasteiger partial charge is 0.219 e. The van der Waals surface area contributed by atoms with Gasteiger partial charge in [0.05, 0.1) is 13.2 Å². The number of hydrogen-bond acceptors (Lipinski definition) is 5. The highest BCUT2D eigenvalue weighted by molar-refractivity contribution is 5.73. The molecule has 150 valence electrons. The van der Waals surface area contributed by atoms with E-state index >= 15 is 0 Å². The fourth-order valence-electron chi connectivity index (χ4n) is 4.42. The molecule has 1 aromatic heterocycles. The summed E-state index contributed by atoms with van der Waals surface area (Å²) in [5, 5.41) is 9.04. The number of amides is 1. The molecule has 2 aromatic rings. The third-order valence-electron chi connectivity index (χ3n) is 5.98. The monoisotopic (exact) mass is 383 g/mol. The van der Waals surface area contributed by atoms with E-state index in [0.29, 0.717) is 0 Å². The van der Waals surface area contributed by atoms with Crippen molar-refractivity contribution in [3.63, 3.8) is 0 Å². The molecule has 7 heteroatoms. The molecule has 1 saturated heterocycles. The van der Waals surface area contributed by atoms with Gasteiger partial charge in [0.15, 0.2) is 0 Å². The Kier molecular flexibility index (Phi) is 5.35. The number of carbonyl (C=O) groups excluding carboxylic acids is 1. The lowest BCUT2D eigenvalue weighted by molar-refractivity contribution is -0.128. The van der Waals surface area contributed by atoms with Crippen LogP contribution in [0.25, 0.3) is 0 Å². The molecule has 3 heterocycles. The maximum atomic E-state index is 11.8. The zero-order valence-electron chi connectivity index (χ0n) is 17.0. The Morgan fingerprint density at radius 3 is 2.86 bits per heavy atom. The zero-order valence-corrected chi connectivity index (χ0v) is 17.0. The van der Waals surface area contributed by atoms with Crippen molar-refractivity contribution in [3.05, 3.63) is 41.0 Å². The summed E-state index contributed by atoms with van der Waals surface area (Å²) in [4.78, 5) is 16.2. The summed E-state index contributed by atoms with van der Waals surface area (Å²) in [6, 6.07) is 6.66. The normalized spacial score (nSPS) is 20.1. The van der Waals surface area contributed by atoms with Gasteiger partial charge in [-0.05, 0) is 37.9 Å². The third kappa shape index (κ3) is 3.63. The highest BCUT2D eigenvalue weighted by atomic mass is 16.5. The van der Waals surface area contributed by atoms with Gasteiger partial charge in [-0.2, -0.15) is 0 Å². The fourth-order valence-corrected chi connectivity index (χ4v) is 4.42. The van der Waals surface area contributed by atoms with Crippen LogP contribution < -0.4 is 4.74 Å². The van der Waals surface area contributed by atoms with Crippen molar-refractivity contribution in [1.82, 2.24) is 24.6 Å². The van der Waals surface area contributed by atoms with E-state index in [-0.39, 0.29) is 11.9 Å². The maximum Gasteiger partial charge on any atom is 0.219 e. The Bertz CT molecular complexity index is 862. The lowest BCUT2D eigenvalue weighted by atomic mass is 10.1. The van der Waals surface area contributed by atoms with Crippen molar-refractivity contribution in [3.8, 4) is 5.75 Å². The standard InChI is InChI=1S/C21H29N5O2/c1-15-6-7-17(19(13-15)28-3)14-25-9-4-5-18(25)21-23-22-20-8-10-24(16(2)27)11-12-26(20)21/h6-7,13,18H,4-5,8-12,14H2,1-3H3/t18-/m0/s1. The Hall–Kier alpha value is -2.41. The van der Waals surface area contributed by atoms with Crippen molar-refractivity contribution >= 4 is 5.91 Å². The van der Waals surface area contributed by atoms with Gasteiger partial charge in [-0.15, -0.1) is 10.2 Å². The molecule has 2 aliphatic rings. The molecular weight excluding hydrogens is 354 g/mol. The Morgan fingerprint density at radius 1 is 1.21 bits per heavy atom. The topological polar surface area (TPSA) is 63.5 Å². The number of fused-ring (bicyclic) bond motifs is 1. The number of nitrogens with zero attached hydrogens (tertiary/aromatic N) is 5.